The Labute approximate surface area is 130 Å². The van der Waals surface area contributed by atoms with Gasteiger partial charge in [-0.05, 0) is 11.6 Å². The van der Waals surface area contributed by atoms with Gasteiger partial charge in [-0.3, -0.25) is 14.8 Å². The minimum atomic E-state index is -4.70. The molecular weight excluding hydrogens is 342 g/mol. The molecule has 11 heteroatoms. The molecule has 2 aromatic heterocycles. The van der Waals surface area contributed by atoms with Crippen molar-refractivity contribution in [2.75, 3.05) is 0 Å². The van der Waals surface area contributed by atoms with Crippen molar-refractivity contribution in [2.24, 2.45) is 0 Å². The van der Waals surface area contributed by atoms with E-state index in [1.807, 2.05) is 0 Å². The van der Waals surface area contributed by atoms with Crippen LogP contribution in [0.25, 0.3) is 11.4 Å². The second-order valence-electron chi connectivity index (χ2n) is 4.51. The van der Waals surface area contributed by atoms with Crippen molar-refractivity contribution in [1.29, 1.82) is 0 Å². The van der Waals surface area contributed by atoms with Gasteiger partial charge in [-0.15, -0.1) is 0 Å². The first-order valence-electron chi connectivity index (χ1n) is 6.25. The van der Waals surface area contributed by atoms with E-state index < -0.39 is 30.2 Å². The van der Waals surface area contributed by atoms with E-state index in [1.165, 1.54) is 0 Å². The maximum atomic E-state index is 12.9. The van der Waals surface area contributed by atoms with Gasteiger partial charge in [-0.1, -0.05) is 0 Å². The lowest BCUT2D eigenvalue weighted by Crippen LogP contribution is -2.17. The van der Waals surface area contributed by atoms with E-state index in [0.29, 0.717) is 12.4 Å². The summed E-state index contributed by atoms with van der Waals surface area (Å²) in [7, 11) is 0. The van der Waals surface area contributed by atoms with Gasteiger partial charge in [0.25, 0.3) is 0 Å². The van der Waals surface area contributed by atoms with Crippen molar-refractivity contribution in [1.82, 2.24) is 20.3 Å². The predicted octanol–water partition coefficient (Wildman–Crippen LogP) is 2.82. The van der Waals surface area contributed by atoms with Gasteiger partial charge >= 0.3 is 12.4 Å². The topological polar surface area (TPSA) is 67.8 Å². The first-order valence-corrected chi connectivity index (χ1v) is 6.25. The van der Waals surface area contributed by atoms with Gasteiger partial charge in [0, 0.05) is 12.7 Å². The van der Waals surface area contributed by atoms with Crippen molar-refractivity contribution < 1.29 is 31.1 Å². The monoisotopic (exact) mass is 350 g/mol. The average Bonchev–Trinajstić information content (AvgIpc) is 2.51. The average molecular weight is 350 g/mol. The minimum absolute atomic E-state index is 0.105. The van der Waals surface area contributed by atoms with Crippen LogP contribution in [0.15, 0.2) is 24.7 Å². The first kappa shape index (κ1) is 17.6. The van der Waals surface area contributed by atoms with E-state index in [0.717, 1.165) is 12.3 Å². The van der Waals surface area contributed by atoms with Crippen molar-refractivity contribution in [3.8, 4) is 11.4 Å². The SMILES string of the molecule is O=CNCc1cc(-c2cnc(C(F)(F)F)cn2)ncc1C(F)(F)F. The summed E-state index contributed by atoms with van der Waals surface area (Å²) >= 11 is 0. The molecular formula is C13H8F6N4O. The number of rotatable bonds is 4. The summed E-state index contributed by atoms with van der Waals surface area (Å²) in [6.07, 6.45) is -7.42. The molecule has 0 aliphatic rings. The van der Waals surface area contributed by atoms with Crippen LogP contribution in [0.2, 0.25) is 0 Å². The highest BCUT2D eigenvalue weighted by molar-refractivity contribution is 5.55. The van der Waals surface area contributed by atoms with E-state index >= 15 is 0 Å². The lowest BCUT2D eigenvalue weighted by Gasteiger charge is -2.13. The van der Waals surface area contributed by atoms with Crippen LogP contribution in [0.5, 0.6) is 0 Å². The van der Waals surface area contributed by atoms with Crippen molar-refractivity contribution in [2.45, 2.75) is 18.9 Å². The standard InChI is InChI=1S/C13H8F6N4O/c14-12(15,16)8-3-21-9(1-7(8)2-20-6-24)10-4-23-11(5-22-10)13(17,18)19/h1,3-6H,2H2,(H,20,24). The first-order chi connectivity index (χ1) is 11.1. The van der Waals surface area contributed by atoms with Crippen LogP contribution in [0.1, 0.15) is 16.8 Å². The van der Waals surface area contributed by atoms with Gasteiger partial charge in [-0.2, -0.15) is 26.3 Å². The molecule has 128 valence electrons. The third kappa shape index (κ3) is 3.97. The molecule has 2 heterocycles. The maximum absolute atomic E-state index is 12.9. The Kier molecular flexibility index (Phi) is 4.71. The molecule has 0 bridgehead atoms. The number of hydrogen-bond donors (Lipinski definition) is 1. The summed E-state index contributed by atoms with van der Waals surface area (Å²) in [6.45, 7) is -0.429. The number of nitrogens with one attached hydrogen (secondary N) is 1. The highest BCUT2D eigenvalue weighted by atomic mass is 19.4. The zero-order chi connectivity index (χ0) is 18.0. The summed E-state index contributed by atoms with van der Waals surface area (Å²) < 4.78 is 75.9. The molecule has 0 atom stereocenters. The fourth-order valence-corrected chi connectivity index (χ4v) is 1.80. The van der Waals surface area contributed by atoms with Gasteiger partial charge in [0.05, 0.1) is 23.7 Å². The number of hydrogen-bond acceptors (Lipinski definition) is 4. The van der Waals surface area contributed by atoms with Gasteiger partial charge < -0.3 is 5.32 Å². The summed E-state index contributed by atoms with van der Waals surface area (Å²) in [5, 5.41) is 2.09. The van der Waals surface area contributed by atoms with E-state index in [2.05, 4.69) is 20.3 Å². The molecule has 0 radical (unpaired) electrons. The third-order valence-corrected chi connectivity index (χ3v) is 2.88. The van der Waals surface area contributed by atoms with Crippen molar-refractivity contribution >= 4 is 6.41 Å². The number of carbonyl (C=O) groups excluding carboxylic acids is 1. The molecule has 0 unspecified atom stereocenters. The van der Waals surface area contributed by atoms with E-state index in [9.17, 15) is 31.1 Å². The predicted molar refractivity (Wildman–Crippen MR) is 68.2 cm³/mol. The third-order valence-electron chi connectivity index (χ3n) is 2.88. The zero-order valence-corrected chi connectivity index (χ0v) is 11.6. The number of alkyl halides is 6. The molecule has 24 heavy (non-hydrogen) atoms. The Morgan fingerprint density at radius 3 is 2.08 bits per heavy atom. The Bertz CT molecular complexity index is 727. The van der Waals surface area contributed by atoms with Crippen LogP contribution in [0, 0.1) is 0 Å². The zero-order valence-electron chi connectivity index (χ0n) is 11.6. The molecule has 0 aromatic carbocycles. The number of carbonyl (C=O) groups is 1. The Morgan fingerprint density at radius 2 is 1.58 bits per heavy atom. The quantitative estimate of drug-likeness (QED) is 0.680. The van der Waals surface area contributed by atoms with Gasteiger partial charge in [0.15, 0.2) is 5.69 Å². The highest BCUT2D eigenvalue weighted by Gasteiger charge is 2.34. The van der Waals surface area contributed by atoms with E-state index in [1.54, 1.807) is 0 Å². The normalized spacial score (nSPS) is 12.1. The maximum Gasteiger partial charge on any atom is 0.434 e. The second kappa shape index (κ2) is 6.42. The van der Waals surface area contributed by atoms with Gasteiger partial charge in [0.2, 0.25) is 6.41 Å². The molecule has 0 fully saturated rings. The molecule has 2 aromatic rings. The number of amides is 1. The molecule has 1 amide bonds. The summed E-state index contributed by atoms with van der Waals surface area (Å²) in [5.74, 6) is 0. The van der Waals surface area contributed by atoms with E-state index in [-0.39, 0.29) is 23.4 Å². The van der Waals surface area contributed by atoms with Crippen LogP contribution >= 0.6 is 0 Å². The van der Waals surface area contributed by atoms with Crippen molar-refractivity contribution in [3.05, 3.63) is 41.5 Å². The Balaban J connectivity index is 2.42. The van der Waals surface area contributed by atoms with Gasteiger partial charge in [-0.25, -0.2) is 4.98 Å². The Morgan fingerprint density at radius 1 is 0.917 bits per heavy atom. The molecule has 2 rings (SSSR count). The molecule has 0 saturated heterocycles. The fraction of sp³-hybridized carbons (Fsp3) is 0.231. The van der Waals surface area contributed by atoms with Crippen LogP contribution in [0.4, 0.5) is 26.3 Å². The molecule has 0 aliphatic heterocycles. The highest BCUT2D eigenvalue weighted by Crippen LogP contribution is 2.33. The minimum Gasteiger partial charge on any atom is -0.355 e. The molecule has 0 aliphatic carbocycles. The summed E-state index contributed by atoms with van der Waals surface area (Å²) in [4.78, 5) is 20.5. The Hall–Kier alpha value is -2.72. The lowest BCUT2D eigenvalue weighted by molar-refractivity contribution is -0.141. The molecule has 0 spiro atoms. The number of aromatic nitrogens is 3. The number of nitrogens with zero attached hydrogens (tertiary/aromatic N) is 3. The smallest absolute Gasteiger partial charge is 0.355 e. The fourth-order valence-electron chi connectivity index (χ4n) is 1.80. The van der Waals surface area contributed by atoms with Gasteiger partial charge in [0.1, 0.15) is 5.69 Å². The second-order valence-corrected chi connectivity index (χ2v) is 4.51. The van der Waals surface area contributed by atoms with Crippen molar-refractivity contribution in [3.63, 3.8) is 0 Å². The summed E-state index contributed by atoms with van der Waals surface area (Å²) in [6, 6.07) is 0.983. The van der Waals surface area contributed by atoms with Crippen LogP contribution in [-0.4, -0.2) is 21.4 Å². The van der Waals surface area contributed by atoms with E-state index in [4.69, 9.17) is 0 Å². The van der Waals surface area contributed by atoms with Crippen LogP contribution < -0.4 is 5.32 Å². The number of pyridine rings is 1. The molecule has 5 nitrogen and oxygen atoms in total. The summed E-state index contributed by atoms with van der Waals surface area (Å²) in [5.41, 5.74) is -2.85. The van der Waals surface area contributed by atoms with Crippen LogP contribution in [0.3, 0.4) is 0 Å². The molecule has 1 N–H and O–H groups in total. The molecule has 0 saturated carbocycles. The largest absolute Gasteiger partial charge is 0.434 e. The lowest BCUT2D eigenvalue weighted by atomic mass is 10.1. The van der Waals surface area contributed by atoms with Crippen LogP contribution in [-0.2, 0) is 23.7 Å². The number of halogens is 6.